The Bertz CT molecular complexity index is 680. The van der Waals surface area contributed by atoms with E-state index in [1.807, 2.05) is 42.5 Å². The van der Waals surface area contributed by atoms with Crippen LogP contribution >= 0.6 is 0 Å². The second-order valence-corrected chi connectivity index (χ2v) is 6.17. The molecule has 134 valence electrons. The first-order chi connectivity index (χ1) is 12.1. The molecule has 1 N–H and O–H groups in total. The van der Waals surface area contributed by atoms with Gasteiger partial charge in [0.15, 0.2) is 0 Å². The van der Waals surface area contributed by atoms with E-state index in [1.54, 1.807) is 0 Å². The molecule has 0 spiro atoms. The van der Waals surface area contributed by atoms with Crippen LogP contribution in [-0.4, -0.2) is 18.2 Å². The summed E-state index contributed by atoms with van der Waals surface area (Å²) in [6.07, 6.45) is 4.89. The van der Waals surface area contributed by atoms with Crippen molar-refractivity contribution >= 4 is 5.97 Å². The Hall–Kier alpha value is -2.33. The molecule has 0 aromatic heterocycles. The van der Waals surface area contributed by atoms with Gasteiger partial charge in [0.2, 0.25) is 0 Å². The summed E-state index contributed by atoms with van der Waals surface area (Å²) in [5.41, 5.74) is 3.68. The Morgan fingerprint density at radius 2 is 1.84 bits per heavy atom. The van der Waals surface area contributed by atoms with E-state index in [2.05, 4.69) is 16.7 Å². The van der Waals surface area contributed by atoms with E-state index in [0.29, 0.717) is 6.42 Å². The van der Waals surface area contributed by atoms with E-state index in [9.17, 15) is 9.90 Å². The van der Waals surface area contributed by atoms with Gasteiger partial charge in [-0.25, -0.2) is 4.79 Å². The summed E-state index contributed by atoms with van der Waals surface area (Å²) in [4.78, 5) is 20.9. The standard InChI is InChI=1S/C21H26O4/c1-3-4-6-11-17-12-18(15-21(23)25-24-2)19(20(22)14-17)13-16-9-7-5-8-10-16/h5,7-10,12,14,22H,3-4,6,11,13,15H2,1-2H3. The molecule has 0 aliphatic carbocycles. The summed E-state index contributed by atoms with van der Waals surface area (Å²) >= 11 is 0. The topological polar surface area (TPSA) is 55.8 Å². The molecule has 4 nitrogen and oxygen atoms in total. The Balaban J connectivity index is 2.29. The van der Waals surface area contributed by atoms with E-state index < -0.39 is 5.97 Å². The highest BCUT2D eigenvalue weighted by atomic mass is 17.2. The van der Waals surface area contributed by atoms with Gasteiger partial charge in [0.25, 0.3) is 0 Å². The highest BCUT2D eigenvalue weighted by Gasteiger charge is 2.15. The smallest absolute Gasteiger partial charge is 0.346 e. The maximum Gasteiger partial charge on any atom is 0.346 e. The van der Waals surface area contributed by atoms with Crippen LogP contribution in [0.2, 0.25) is 0 Å². The fourth-order valence-electron chi connectivity index (χ4n) is 2.94. The molecule has 0 saturated carbocycles. The van der Waals surface area contributed by atoms with Crippen molar-refractivity contribution in [1.29, 1.82) is 0 Å². The number of rotatable bonds is 9. The molecule has 0 saturated heterocycles. The molecule has 0 amide bonds. The molecule has 0 bridgehead atoms. The SMILES string of the molecule is CCCCCc1cc(O)c(Cc2ccccc2)c(CC(=O)OOC)c1. The highest BCUT2D eigenvalue weighted by molar-refractivity contribution is 5.73. The predicted molar refractivity (Wildman–Crippen MR) is 97.4 cm³/mol. The monoisotopic (exact) mass is 342 g/mol. The van der Waals surface area contributed by atoms with Crippen LogP contribution in [0.15, 0.2) is 42.5 Å². The summed E-state index contributed by atoms with van der Waals surface area (Å²) in [6.45, 7) is 2.16. The molecule has 2 rings (SSSR count). The van der Waals surface area contributed by atoms with Gasteiger partial charge >= 0.3 is 5.97 Å². The van der Waals surface area contributed by atoms with Crippen molar-refractivity contribution < 1.29 is 19.7 Å². The lowest BCUT2D eigenvalue weighted by atomic mass is 9.93. The Morgan fingerprint density at radius 3 is 2.52 bits per heavy atom. The zero-order chi connectivity index (χ0) is 18.1. The van der Waals surface area contributed by atoms with Crippen LogP contribution in [0.3, 0.4) is 0 Å². The first-order valence-corrected chi connectivity index (χ1v) is 8.75. The zero-order valence-corrected chi connectivity index (χ0v) is 15.0. The van der Waals surface area contributed by atoms with Crippen LogP contribution < -0.4 is 0 Å². The number of aryl methyl sites for hydroxylation is 1. The van der Waals surface area contributed by atoms with Gasteiger partial charge in [-0.1, -0.05) is 56.2 Å². The van der Waals surface area contributed by atoms with Crippen molar-refractivity contribution in [2.75, 3.05) is 7.11 Å². The van der Waals surface area contributed by atoms with Gasteiger partial charge in [-0.15, -0.1) is 0 Å². The normalized spacial score (nSPS) is 10.6. The highest BCUT2D eigenvalue weighted by Crippen LogP contribution is 2.28. The number of hydrogen-bond donors (Lipinski definition) is 1. The molecule has 0 heterocycles. The predicted octanol–water partition coefficient (Wildman–Crippen LogP) is 4.36. The van der Waals surface area contributed by atoms with Gasteiger partial charge in [0, 0.05) is 12.0 Å². The number of unbranched alkanes of at least 4 members (excludes halogenated alkanes) is 2. The van der Waals surface area contributed by atoms with Crippen molar-refractivity contribution in [3.63, 3.8) is 0 Å². The van der Waals surface area contributed by atoms with Gasteiger partial charge in [0.1, 0.15) is 5.75 Å². The first kappa shape index (κ1) is 19.0. The first-order valence-electron chi connectivity index (χ1n) is 8.75. The van der Waals surface area contributed by atoms with Crippen LogP contribution in [0.4, 0.5) is 0 Å². The summed E-state index contributed by atoms with van der Waals surface area (Å²) in [5.74, 6) is -0.236. The molecule has 0 aliphatic rings. The summed E-state index contributed by atoms with van der Waals surface area (Å²) < 4.78 is 0. The molecule has 0 unspecified atom stereocenters. The van der Waals surface area contributed by atoms with Crippen molar-refractivity contribution in [2.45, 2.75) is 45.4 Å². The Morgan fingerprint density at radius 1 is 1.08 bits per heavy atom. The van der Waals surface area contributed by atoms with Crippen molar-refractivity contribution in [1.82, 2.24) is 0 Å². The van der Waals surface area contributed by atoms with Gasteiger partial charge in [-0.3, -0.25) is 4.89 Å². The molecule has 2 aromatic rings. The van der Waals surface area contributed by atoms with Crippen LogP contribution in [0, 0.1) is 0 Å². The van der Waals surface area contributed by atoms with Crippen LogP contribution in [0.25, 0.3) is 0 Å². The van der Waals surface area contributed by atoms with Crippen molar-refractivity contribution in [3.8, 4) is 5.75 Å². The van der Waals surface area contributed by atoms with E-state index in [-0.39, 0.29) is 12.2 Å². The number of benzene rings is 2. The fraction of sp³-hybridized carbons (Fsp3) is 0.381. The molecule has 0 radical (unpaired) electrons. The molecule has 2 aromatic carbocycles. The molecule has 0 atom stereocenters. The van der Waals surface area contributed by atoms with E-state index >= 15 is 0 Å². The minimum atomic E-state index is -0.470. The number of carbonyl (C=O) groups excluding carboxylic acids is 1. The van der Waals surface area contributed by atoms with Gasteiger partial charge in [0.05, 0.1) is 13.5 Å². The lowest BCUT2D eigenvalue weighted by Crippen LogP contribution is -2.10. The third-order valence-electron chi connectivity index (χ3n) is 4.18. The van der Waals surface area contributed by atoms with Crippen LogP contribution in [-0.2, 0) is 33.8 Å². The quantitative estimate of drug-likeness (QED) is 0.418. The molecular formula is C21H26O4. The molecular weight excluding hydrogens is 316 g/mol. The minimum Gasteiger partial charge on any atom is -0.508 e. The van der Waals surface area contributed by atoms with Crippen LogP contribution in [0.1, 0.15) is 48.4 Å². The summed E-state index contributed by atoms with van der Waals surface area (Å²) in [6, 6.07) is 13.7. The molecule has 4 heteroatoms. The molecule has 0 aliphatic heterocycles. The third kappa shape index (κ3) is 5.91. The van der Waals surface area contributed by atoms with Gasteiger partial charge in [-0.05, 0) is 35.6 Å². The lowest BCUT2D eigenvalue weighted by molar-refractivity contribution is -0.254. The molecule has 0 fully saturated rings. The lowest BCUT2D eigenvalue weighted by Gasteiger charge is -2.14. The number of carbonyl (C=O) groups is 1. The average molecular weight is 342 g/mol. The second-order valence-electron chi connectivity index (χ2n) is 6.17. The number of phenolic OH excluding ortho intramolecular Hbond substituents is 1. The minimum absolute atomic E-state index is 0.0746. The number of aromatic hydroxyl groups is 1. The zero-order valence-electron chi connectivity index (χ0n) is 15.0. The fourth-order valence-corrected chi connectivity index (χ4v) is 2.94. The Labute approximate surface area is 149 Å². The Kier molecular flexibility index (Phi) is 7.48. The van der Waals surface area contributed by atoms with E-state index in [0.717, 1.165) is 47.9 Å². The number of phenols is 1. The van der Waals surface area contributed by atoms with Crippen molar-refractivity contribution in [2.24, 2.45) is 0 Å². The second kappa shape index (κ2) is 9.84. The maximum atomic E-state index is 11.9. The largest absolute Gasteiger partial charge is 0.508 e. The third-order valence-corrected chi connectivity index (χ3v) is 4.18. The summed E-state index contributed by atoms with van der Waals surface area (Å²) in [7, 11) is 1.31. The van der Waals surface area contributed by atoms with Crippen molar-refractivity contribution in [3.05, 3.63) is 64.7 Å². The average Bonchev–Trinajstić information content (AvgIpc) is 2.59. The van der Waals surface area contributed by atoms with E-state index in [4.69, 9.17) is 0 Å². The number of hydrogen-bond acceptors (Lipinski definition) is 4. The summed E-state index contributed by atoms with van der Waals surface area (Å²) in [5, 5.41) is 10.5. The van der Waals surface area contributed by atoms with E-state index in [1.165, 1.54) is 7.11 Å². The van der Waals surface area contributed by atoms with Crippen LogP contribution in [0.5, 0.6) is 5.75 Å². The van der Waals surface area contributed by atoms with Gasteiger partial charge < -0.3 is 5.11 Å². The molecule has 25 heavy (non-hydrogen) atoms. The van der Waals surface area contributed by atoms with Gasteiger partial charge in [-0.2, -0.15) is 4.89 Å². The maximum absolute atomic E-state index is 11.9.